The van der Waals surface area contributed by atoms with E-state index in [1.807, 2.05) is 0 Å². The van der Waals surface area contributed by atoms with Gasteiger partial charge in [-0.05, 0) is 36.9 Å². The van der Waals surface area contributed by atoms with Crippen LogP contribution in [0.5, 0.6) is 0 Å². The van der Waals surface area contributed by atoms with Gasteiger partial charge >= 0.3 is 5.97 Å². The van der Waals surface area contributed by atoms with Crippen molar-refractivity contribution in [1.29, 1.82) is 0 Å². The molecule has 0 unspecified atom stereocenters. The lowest BCUT2D eigenvalue weighted by Gasteiger charge is -2.25. The minimum atomic E-state index is -0.445. The van der Waals surface area contributed by atoms with Crippen molar-refractivity contribution in [2.75, 3.05) is 20.2 Å². The smallest absolute Gasteiger partial charge is 0.374 e. The van der Waals surface area contributed by atoms with Crippen LogP contribution in [-0.4, -0.2) is 30.5 Å². The molecule has 0 amide bonds. The molecule has 2 heterocycles. The molecule has 2 rings (SSSR count). The third kappa shape index (κ3) is 3.14. The van der Waals surface area contributed by atoms with Crippen LogP contribution in [-0.2, 0) is 4.74 Å². The summed E-state index contributed by atoms with van der Waals surface area (Å²) in [7, 11) is 1.34. The van der Waals surface area contributed by atoms with Crippen molar-refractivity contribution in [1.82, 2.24) is 4.31 Å². The second kappa shape index (κ2) is 5.42. The SMILES string of the molecule is C=C1CCCN(Sc2ccc(C(=O)OC)o2)C1. The van der Waals surface area contributed by atoms with E-state index in [1.165, 1.54) is 24.6 Å². The predicted octanol–water partition coefficient (Wildman–Crippen LogP) is 2.73. The van der Waals surface area contributed by atoms with Crippen molar-refractivity contribution in [3.8, 4) is 0 Å². The van der Waals surface area contributed by atoms with Gasteiger partial charge in [0.25, 0.3) is 0 Å². The highest BCUT2D eigenvalue weighted by Crippen LogP contribution is 2.29. The number of rotatable bonds is 3. The normalized spacial score (nSPS) is 17.1. The summed E-state index contributed by atoms with van der Waals surface area (Å²) in [6.07, 6.45) is 2.22. The summed E-state index contributed by atoms with van der Waals surface area (Å²) in [6.45, 7) is 5.88. The van der Waals surface area contributed by atoms with Gasteiger partial charge in [0.15, 0.2) is 5.09 Å². The molecule has 1 aromatic heterocycles. The fourth-order valence-electron chi connectivity index (χ4n) is 1.70. The second-order valence-corrected chi connectivity index (χ2v) is 5.02. The molecule has 1 aliphatic heterocycles. The predicted molar refractivity (Wildman–Crippen MR) is 65.9 cm³/mol. The van der Waals surface area contributed by atoms with E-state index in [1.54, 1.807) is 12.1 Å². The summed E-state index contributed by atoms with van der Waals surface area (Å²) in [5, 5.41) is 0.708. The van der Waals surface area contributed by atoms with Crippen molar-refractivity contribution in [2.45, 2.75) is 17.9 Å². The lowest BCUT2D eigenvalue weighted by Crippen LogP contribution is -2.24. The van der Waals surface area contributed by atoms with E-state index >= 15 is 0 Å². The van der Waals surface area contributed by atoms with E-state index in [9.17, 15) is 4.79 Å². The minimum Gasteiger partial charge on any atom is -0.463 e. The van der Waals surface area contributed by atoms with Gasteiger partial charge in [0, 0.05) is 13.1 Å². The monoisotopic (exact) mass is 253 g/mol. The Bertz CT molecular complexity index is 427. The Morgan fingerprint density at radius 1 is 1.59 bits per heavy atom. The molecule has 0 atom stereocenters. The Kier molecular flexibility index (Phi) is 3.91. The van der Waals surface area contributed by atoms with Crippen LogP contribution in [0.4, 0.5) is 0 Å². The third-order valence-electron chi connectivity index (χ3n) is 2.52. The van der Waals surface area contributed by atoms with Gasteiger partial charge in [-0.3, -0.25) is 0 Å². The van der Waals surface area contributed by atoms with E-state index in [-0.39, 0.29) is 5.76 Å². The first kappa shape index (κ1) is 12.3. The van der Waals surface area contributed by atoms with Crippen LogP contribution in [0.3, 0.4) is 0 Å². The average Bonchev–Trinajstić information content (AvgIpc) is 2.76. The van der Waals surface area contributed by atoms with Crippen molar-refractivity contribution in [3.05, 3.63) is 30.0 Å². The van der Waals surface area contributed by atoms with Gasteiger partial charge in [0.1, 0.15) is 0 Å². The van der Waals surface area contributed by atoms with Crippen LogP contribution >= 0.6 is 11.9 Å². The van der Waals surface area contributed by atoms with E-state index in [0.29, 0.717) is 5.09 Å². The number of furan rings is 1. The molecule has 1 aliphatic rings. The number of methoxy groups -OCH3 is 1. The van der Waals surface area contributed by atoms with Crippen molar-refractivity contribution in [2.24, 2.45) is 0 Å². The zero-order chi connectivity index (χ0) is 12.3. The molecular weight excluding hydrogens is 238 g/mol. The van der Waals surface area contributed by atoms with E-state index in [4.69, 9.17) is 4.42 Å². The highest BCUT2D eigenvalue weighted by atomic mass is 32.2. The molecule has 1 aromatic rings. The van der Waals surface area contributed by atoms with Gasteiger partial charge in [0.05, 0.1) is 7.11 Å². The highest BCUT2D eigenvalue weighted by Gasteiger charge is 2.17. The lowest BCUT2D eigenvalue weighted by atomic mass is 10.1. The number of esters is 1. The molecule has 17 heavy (non-hydrogen) atoms. The summed E-state index contributed by atoms with van der Waals surface area (Å²) in [6, 6.07) is 3.42. The van der Waals surface area contributed by atoms with Gasteiger partial charge < -0.3 is 9.15 Å². The number of ether oxygens (including phenoxy) is 1. The first-order valence-electron chi connectivity index (χ1n) is 5.47. The zero-order valence-corrected chi connectivity index (χ0v) is 10.6. The molecule has 4 nitrogen and oxygen atoms in total. The van der Waals surface area contributed by atoms with Gasteiger partial charge in [-0.15, -0.1) is 0 Å². The first-order valence-corrected chi connectivity index (χ1v) is 6.24. The maximum atomic E-state index is 11.2. The van der Waals surface area contributed by atoms with E-state index < -0.39 is 5.97 Å². The summed E-state index contributed by atoms with van der Waals surface area (Å²) < 4.78 is 12.2. The summed E-state index contributed by atoms with van der Waals surface area (Å²) in [5.74, 6) is -0.203. The molecule has 0 aromatic carbocycles. The molecular formula is C12H15NO3S. The fourth-order valence-corrected chi connectivity index (χ4v) is 2.68. The van der Waals surface area contributed by atoms with Crippen molar-refractivity contribution in [3.63, 3.8) is 0 Å². The van der Waals surface area contributed by atoms with Gasteiger partial charge in [-0.25, -0.2) is 9.10 Å². The third-order valence-corrected chi connectivity index (χ3v) is 3.49. The Morgan fingerprint density at radius 3 is 3.12 bits per heavy atom. The zero-order valence-electron chi connectivity index (χ0n) is 9.77. The molecule has 0 N–H and O–H groups in total. The lowest BCUT2D eigenvalue weighted by molar-refractivity contribution is 0.0559. The Balaban J connectivity index is 1.96. The molecule has 92 valence electrons. The van der Waals surface area contributed by atoms with Gasteiger partial charge in [-0.1, -0.05) is 12.2 Å². The molecule has 0 aliphatic carbocycles. The maximum Gasteiger partial charge on any atom is 0.374 e. The Hall–Kier alpha value is -1.20. The summed E-state index contributed by atoms with van der Waals surface area (Å²) in [4.78, 5) is 11.2. The number of carbonyl (C=O) groups excluding carboxylic acids is 1. The number of carbonyl (C=O) groups is 1. The van der Waals surface area contributed by atoms with Crippen molar-refractivity contribution >= 4 is 17.9 Å². The van der Waals surface area contributed by atoms with Crippen LogP contribution < -0.4 is 0 Å². The largest absolute Gasteiger partial charge is 0.463 e. The van der Waals surface area contributed by atoms with E-state index in [2.05, 4.69) is 15.6 Å². The standard InChI is InChI=1S/C12H15NO3S/c1-9-4-3-7-13(8-9)17-11-6-5-10(16-11)12(14)15-2/h5-6H,1,3-4,7-8H2,2H3. The molecule has 1 fully saturated rings. The Labute approximate surface area is 105 Å². The van der Waals surface area contributed by atoms with Crippen LogP contribution in [0.25, 0.3) is 0 Å². The van der Waals surface area contributed by atoms with Crippen molar-refractivity contribution < 1.29 is 13.9 Å². The van der Waals surface area contributed by atoms with Crippen LogP contribution in [0.15, 0.2) is 33.8 Å². The molecule has 0 radical (unpaired) electrons. The molecule has 0 spiro atoms. The maximum absolute atomic E-state index is 11.2. The first-order chi connectivity index (χ1) is 8.19. The number of hydrogen-bond acceptors (Lipinski definition) is 5. The quantitative estimate of drug-likeness (QED) is 0.471. The topological polar surface area (TPSA) is 42.7 Å². The second-order valence-electron chi connectivity index (χ2n) is 3.92. The number of piperidine rings is 1. The van der Waals surface area contributed by atoms with Gasteiger partial charge in [0.2, 0.25) is 5.76 Å². The molecule has 1 saturated heterocycles. The van der Waals surface area contributed by atoms with Crippen LogP contribution in [0, 0.1) is 0 Å². The highest BCUT2D eigenvalue weighted by molar-refractivity contribution is 7.96. The number of hydrogen-bond donors (Lipinski definition) is 0. The summed E-state index contributed by atoms with van der Waals surface area (Å²) >= 11 is 1.52. The van der Waals surface area contributed by atoms with E-state index in [0.717, 1.165) is 25.9 Å². The average molecular weight is 253 g/mol. The minimum absolute atomic E-state index is 0.242. The van der Waals surface area contributed by atoms with Gasteiger partial charge in [-0.2, -0.15) is 0 Å². The van der Waals surface area contributed by atoms with Crippen LogP contribution in [0.2, 0.25) is 0 Å². The number of nitrogens with zero attached hydrogens (tertiary/aromatic N) is 1. The summed E-state index contributed by atoms with van der Waals surface area (Å²) in [5.41, 5.74) is 1.24. The Morgan fingerprint density at radius 2 is 2.41 bits per heavy atom. The molecule has 5 heteroatoms. The molecule has 0 saturated carbocycles. The molecule has 0 bridgehead atoms. The fraction of sp³-hybridized carbons (Fsp3) is 0.417. The van der Waals surface area contributed by atoms with Crippen LogP contribution in [0.1, 0.15) is 23.4 Å².